The SMILES string of the molecule is CC(C)(C)OC(=O)CC[C@]1(CO)C[C@H]2CC[C@@H]1C2. The van der Waals surface area contributed by atoms with Crippen LogP contribution in [0.3, 0.4) is 0 Å². The van der Waals surface area contributed by atoms with E-state index in [1.54, 1.807) is 0 Å². The van der Waals surface area contributed by atoms with Crippen molar-refractivity contribution in [2.24, 2.45) is 17.3 Å². The Bertz CT molecular complexity index is 318. The van der Waals surface area contributed by atoms with Gasteiger partial charge in [-0.1, -0.05) is 6.42 Å². The van der Waals surface area contributed by atoms with E-state index in [2.05, 4.69) is 0 Å². The Morgan fingerprint density at radius 2 is 2.11 bits per heavy atom. The van der Waals surface area contributed by atoms with Crippen LogP contribution in [0.2, 0.25) is 0 Å². The standard InChI is InChI=1S/C15H26O3/c1-14(2,3)18-13(17)6-7-15(10-16)9-11-4-5-12(15)8-11/h11-12,16H,4-10H2,1-3H3/t11-,12+,15+/m0/s1. The largest absolute Gasteiger partial charge is 0.460 e. The highest BCUT2D eigenvalue weighted by atomic mass is 16.6. The van der Waals surface area contributed by atoms with E-state index >= 15 is 0 Å². The highest BCUT2D eigenvalue weighted by molar-refractivity contribution is 5.69. The first kappa shape index (κ1) is 13.9. The Kier molecular flexibility index (Phi) is 3.72. The summed E-state index contributed by atoms with van der Waals surface area (Å²) in [6, 6.07) is 0. The van der Waals surface area contributed by atoms with Gasteiger partial charge in [0.1, 0.15) is 5.60 Å². The minimum Gasteiger partial charge on any atom is -0.460 e. The number of hydrogen-bond donors (Lipinski definition) is 1. The number of rotatable bonds is 4. The van der Waals surface area contributed by atoms with Crippen molar-refractivity contribution in [3.63, 3.8) is 0 Å². The maximum atomic E-state index is 11.8. The summed E-state index contributed by atoms with van der Waals surface area (Å²) in [6.07, 6.45) is 6.16. The average Bonchev–Trinajstić information content (AvgIpc) is 2.84. The highest BCUT2D eigenvalue weighted by Gasteiger charge is 2.50. The Morgan fingerprint density at radius 1 is 1.39 bits per heavy atom. The molecule has 0 saturated heterocycles. The quantitative estimate of drug-likeness (QED) is 0.785. The number of esters is 1. The van der Waals surface area contributed by atoms with Crippen LogP contribution in [0.5, 0.6) is 0 Å². The average molecular weight is 254 g/mol. The molecule has 0 aliphatic heterocycles. The number of carbonyl (C=O) groups is 1. The van der Waals surface area contributed by atoms with Gasteiger partial charge < -0.3 is 9.84 Å². The number of aliphatic hydroxyl groups is 1. The third-order valence-electron chi connectivity index (χ3n) is 4.66. The molecule has 2 aliphatic rings. The van der Waals surface area contributed by atoms with E-state index in [1.165, 1.54) is 19.3 Å². The Balaban J connectivity index is 1.87. The summed E-state index contributed by atoms with van der Waals surface area (Å²) in [5, 5.41) is 9.73. The molecule has 2 fully saturated rings. The molecule has 0 radical (unpaired) electrons. The molecule has 18 heavy (non-hydrogen) atoms. The fourth-order valence-electron chi connectivity index (χ4n) is 3.88. The van der Waals surface area contributed by atoms with E-state index in [0.717, 1.165) is 18.8 Å². The number of hydrogen-bond acceptors (Lipinski definition) is 3. The maximum absolute atomic E-state index is 11.8. The second kappa shape index (κ2) is 4.84. The summed E-state index contributed by atoms with van der Waals surface area (Å²) < 4.78 is 5.35. The van der Waals surface area contributed by atoms with Gasteiger partial charge in [-0.2, -0.15) is 0 Å². The number of fused-ring (bicyclic) bond motifs is 2. The summed E-state index contributed by atoms with van der Waals surface area (Å²) >= 11 is 0. The topological polar surface area (TPSA) is 46.5 Å². The predicted octanol–water partition coefficient (Wildman–Crippen LogP) is 2.91. The molecular formula is C15H26O3. The van der Waals surface area contributed by atoms with Gasteiger partial charge in [0.2, 0.25) is 0 Å². The molecule has 0 spiro atoms. The predicted molar refractivity (Wildman–Crippen MR) is 70.0 cm³/mol. The van der Waals surface area contributed by atoms with Crippen molar-refractivity contribution in [2.45, 2.75) is 64.9 Å². The molecule has 2 aliphatic carbocycles. The van der Waals surface area contributed by atoms with Crippen molar-refractivity contribution >= 4 is 5.97 Å². The molecule has 0 aromatic carbocycles. The van der Waals surface area contributed by atoms with Crippen LogP contribution >= 0.6 is 0 Å². The first-order valence-corrected chi connectivity index (χ1v) is 7.17. The van der Waals surface area contributed by atoms with Crippen molar-refractivity contribution in [3.05, 3.63) is 0 Å². The van der Waals surface area contributed by atoms with Crippen LogP contribution in [-0.4, -0.2) is 23.3 Å². The van der Waals surface area contributed by atoms with Gasteiger partial charge in [0.15, 0.2) is 0 Å². The second-order valence-corrected chi connectivity index (χ2v) is 7.19. The van der Waals surface area contributed by atoms with Crippen molar-refractivity contribution in [1.82, 2.24) is 0 Å². The van der Waals surface area contributed by atoms with Crippen LogP contribution in [0, 0.1) is 17.3 Å². The molecule has 2 bridgehead atoms. The molecule has 0 amide bonds. The smallest absolute Gasteiger partial charge is 0.306 e. The Morgan fingerprint density at radius 3 is 2.56 bits per heavy atom. The van der Waals surface area contributed by atoms with Crippen LogP contribution in [-0.2, 0) is 9.53 Å². The first-order valence-electron chi connectivity index (χ1n) is 7.17. The molecule has 0 aromatic heterocycles. The van der Waals surface area contributed by atoms with Crippen molar-refractivity contribution in [3.8, 4) is 0 Å². The molecule has 104 valence electrons. The fraction of sp³-hybridized carbons (Fsp3) is 0.933. The summed E-state index contributed by atoms with van der Waals surface area (Å²) in [4.78, 5) is 11.8. The van der Waals surface area contributed by atoms with E-state index in [0.29, 0.717) is 12.3 Å². The van der Waals surface area contributed by atoms with Gasteiger partial charge in [-0.3, -0.25) is 4.79 Å². The molecule has 0 aromatic rings. The van der Waals surface area contributed by atoms with Crippen LogP contribution in [0.15, 0.2) is 0 Å². The third kappa shape index (κ3) is 2.87. The van der Waals surface area contributed by atoms with Gasteiger partial charge >= 0.3 is 5.97 Å². The second-order valence-electron chi connectivity index (χ2n) is 7.19. The zero-order chi connectivity index (χ0) is 13.4. The van der Waals surface area contributed by atoms with Crippen LogP contribution < -0.4 is 0 Å². The van der Waals surface area contributed by atoms with Crippen LogP contribution in [0.1, 0.15) is 59.3 Å². The molecule has 2 rings (SSSR count). The van der Waals surface area contributed by atoms with Crippen molar-refractivity contribution < 1.29 is 14.6 Å². The lowest BCUT2D eigenvalue weighted by molar-refractivity contribution is -0.156. The molecule has 3 nitrogen and oxygen atoms in total. The maximum Gasteiger partial charge on any atom is 0.306 e. The zero-order valence-electron chi connectivity index (χ0n) is 11.9. The Labute approximate surface area is 110 Å². The minimum atomic E-state index is -0.405. The monoisotopic (exact) mass is 254 g/mol. The van der Waals surface area contributed by atoms with Crippen molar-refractivity contribution in [1.29, 1.82) is 0 Å². The van der Waals surface area contributed by atoms with Crippen molar-refractivity contribution in [2.75, 3.05) is 6.61 Å². The Hall–Kier alpha value is -0.570. The van der Waals surface area contributed by atoms with Gasteiger partial charge in [0.05, 0.1) is 0 Å². The van der Waals surface area contributed by atoms with Crippen LogP contribution in [0.25, 0.3) is 0 Å². The lowest BCUT2D eigenvalue weighted by Crippen LogP contribution is -2.33. The third-order valence-corrected chi connectivity index (χ3v) is 4.66. The van der Waals surface area contributed by atoms with E-state index in [4.69, 9.17) is 4.74 Å². The summed E-state index contributed by atoms with van der Waals surface area (Å²) in [5.41, 5.74) is -0.391. The minimum absolute atomic E-state index is 0.0137. The van der Waals surface area contributed by atoms with E-state index in [-0.39, 0.29) is 18.0 Å². The normalized spacial score (nSPS) is 34.9. The summed E-state index contributed by atoms with van der Waals surface area (Å²) in [6.45, 7) is 5.91. The van der Waals surface area contributed by atoms with Crippen LogP contribution in [0.4, 0.5) is 0 Å². The molecule has 3 atom stereocenters. The molecule has 3 heteroatoms. The van der Waals surface area contributed by atoms with E-state index < -0.39 is 5.60 Å². The highest BCUT2D eigenvalue weighted by Crippen LogP contribution is 2.57. The summed E-state index contributed by atoms with van der Waals surface area (Å²) in [5.74, 6) is 1.30. The lowest BCUT2D eigenvalue weighted by Gasteiger charge is -2.36. The fourth-order valence-corrected chi connectivity index (χ4v) is 3.88. The molecule has 0 unspecified atom stereocenters. The lowest BCUT2D eigenvalue weighted by atomic mass is 9.71. The number of carbonyl (C=O) groups excluding carboxylic acids is 1. The number of aliphatic hydroxyl groups excluding tert-OH is 1. The molecule has 1 N–H and O–H groups in total. The van der Waals surface area contributed by atoms with E-state index in [9.17, 15) is 9.90 Å². The molecule has 2 saturated carbocycles. The van der Waals surface area contributed by atoms with Gasteiger partial charge in [0, 0.05) is 13.0 Å². The van der Waals surface area contributed by atoms with Gasteiger partial charge in [-0.05, 0) is 63.7 Å². The number of ether oxygens (including phenoxy) is 1. The van der Waals surface area contributed by atoms with E-state index in [1.807, 2.05) is 20.8 Å². The van der Waals surface area contributed by atoms with Gasteiger partial charge in [-0.15, -0.1) is 0 Å². The first-order chi connectivity index (χ1) is 8.35. The van der Waals surface area contributed by atoms with Gasteiger partial charge in [0.25, 0.3) is 0 Å². The molecule has 0 heterocycles. The zero-order valence-corrected chi connectivity index (χ0v) is 11.9. The van der Waals surface area contributed by atoms with Gasteiger partial charge in [-0.25, -0.2) is 0 Å². The molecular weight excluding hydrogens is 228 g/mol. The summed E-state index contributed by atoms with van der Waals surface area (Å²) in [7, 11) is 0.